The Morgan fingerprint density at radius 2 is 1.86 bits per heavy atom. The van der Waals surface area contributed by atoms with Gasteiger partial charge in [0.15, 0.2) is 0 Å². The average Bonchev–Trinajstić information content (AvgIpc) is 2.92. The lowest BCUT2D eigenvalue weighted by molar-refractivity contribution is -0.145. The lowest BCUT2D eigenvalue weighted by Crippen LogP contribution is -2.48. The number of methoxy groups -OCH3 is 1. The lowest BCUT2D eigenvalue weighted by atomic mass is 9.87. The SMILES string of the molecule is CC[C@@]1(c2ccc(F)cc2)NC(=O)N(CC(=O)N[C@@H](CC(C)C)C(=O)OC)C1=O. The van der Waals surface area contributed by atoms with Crippen molar-refractivity contribution in [3.05, 3.63) is 35.6 Å². The first-order chi connectivity index (χ1) is 13.6. The number of urea groups is 1. The molecular formula is C20H26FN3O5. The number of carbonyl (C=O) groups excluding carboxylic acids is 4. The van der Waals surface area contributed by atoms with Crippen molar-refractivity contribution in [2.24, 2.45) is 5.92 Å². The lowest BCUT2D eigenvalue weighted by Gasteiger charge is -2.26. The van der Waals surface area contributed by atoms with Gasteiger partial charge < -0.3 is 15.4 Å². The van der Waals surface area contributed by atoms with Crippen LogP contribution in [0.2, 0.25) is 0 Å². The number of imide groups is 1. The van der Waals surface area contributed by atoms with E-state index in [0.29, 0.717) is 12.0 Å². The van der Waals surface area contributed by atoms with Gasteiger partial charge in [-0.25, -0.2) is 14.0 Å². The molecule has 1 aromatic rings. The Bertz CT molecular complexity index is 796. The topological polar surface area (TPSA) is 105 Å². The molecule has 29 heavy (non-hydrogen) atoms. The van der Waals surface area contributed by atoms with Crippen molar-refractivity contribution in [1.29, 1.82) is 0 Å². The molecule has 1 aliphatic rings. The molecule has 0 unspecified atom stereocenters. The van der Waals surface area contributed by atoms with E-state index in [9.17, 15) is 23.6 Å². The van der Waals surface area contributed by atoms with Gasteiger partial charge in [0.05, 0.1) is 7.11 Å². The molecule has 0 radical (unpaired) electrons. The summed E-state index contributed by atoms with van der Waals surface area (Å²) < 4.78 is 18.0. The summed E-state index contributed by atoms with van der Waals surface area (Å²) in [7, 11) is 1.22. The number of ether oxygens (including phenoxy) is 1. The number of nitrogens with one attached hydrogen (secondary N) is 2. The number of carbonyl (C=O) groups is 4. The van der Waals surface area contributed by atoms with Gasteiger partial charge >= 0.3 is 12.0 Å². The first kappa shape index (κ1) is 22.3. The summed E-state index contributed by atoms with van der Waals surface area (Å²) in [5.74, 6) is -2.21. The molecule has 2 N–H and O–H groups in total. The third-order valence-corrected chi connectivity index (χ3v) is 4.87. The van der Waals surface area contributed by atoms with E-state index >= 15 is 0 Å². The minimum atomic E-state index is -1.37. The first-order valence-corrected chi connectivity index (χ1v) is 9.42. The molecule has 1 heterocycles. The van der Waals surface area contributed by atoms with Crippen molar-refractivity contribution in [3.8, 4) is 0 Å². The van der Waals surface area contributed by atoms with Crippen LogP contribution < -0.4 is 10.6 Å². The van der Waals surface area contributed by atoms with Gasteiger partial charge in [0.2, 0.25) is 5.91 Å². The Hall–Kier alpha value is -2.97. The Balaban J connectivity index is 2.17. The molecule has 8 nitrogen and oxygen atoms in total. The number of halogens is 1. The van der Waals surface area contributed by atoms with E-state index in [1.54, 1.807) is 6.92 Å². The Morgan fingerprint density at radius 3 is 2.38 bits per heavy atom. The van der Waals surface area contributed by atoms with Crippen LogP contribution in [0.5, 0.6) is 0 Å². The largest absolute Gasteiger partial charge is 0.467 e. The Labute approximate surface area is 168 Å². The van der Waals surface area contributed by atoms with Gasteiger partial charge in [-0.1, -0.05) is 32.9 Å². The number of amides is 4. The van der Waals surface area contributed by atoms with E-state index in [4.69, 9.17) is 4.74 Å². The van der Waals surface area contributed by atoms with Crippen molar-refractivity contribution in [2.75, 3.05) is 13.7 Å². The first-order valence-electron chi connectivity index (χ1n) is 9.42. The standard InChI is InChI=1S/C20H26FN3O5/c1-5-20(13-6-8-14(21)9-7-13)18(27)24(19(28)23-20)11-16(25)22-15(10-12(2)3)17(26)29-4/h6-9,12,15H,5,10-11H2,1-4H3,(H,22,25)(H,23,28)/t15-,20-/m0/s1. The number of nitrogens with zero attached hydrogens (tertiary/aromatic N) is 1. The fraction of sp³-hybridized carbons (Fsp3) is 0.500. The number of rotatable bonds is 8. The molecule has 1 aliphatic heterocycles. The number of esters is 1. The van der Waals surface area contributed by atoms with E-state index in [1.807, 2.05) is 13.8 Å². The third-order valence-electron chi connectivity index (χ3n) is 4.87. The minimum Gasteiger partial charge on any atom is -0.467 e. The number of hydrogen-bond donors (Lipinski definition) is 2. The maximum absolute atomic E-state index is 13.3. The summed E-state index contributed by atoms with van der Waals surface area (Å²) in [5, 5.41) is 5.14. The molecule has 1 saturated heterocycles. The predicted octanol–water partition coefficient (Wildman–Crippen LogP) is 1.69. The fourth-order valence-corrected chi connectivity index (χ4v) is 3.35. The Morgan fingerprint density at radius 1 is 1.24 bits per heavy atom. The number of hydrogen-bond acceptors (Lipinski definition) is 5. The average molecular weight is 407 g/mol. The molecule has 0 aromatic heterocycles. The van der Waals surface area contributed by atoms with E-state index in [0.717, 1.165) is 4.90 Å². The van der Waals surface area contributed by atoms with Crippen LogP contribution in [-0.4, -0.2) is 48.4 Å². The van der Waals surface area contributed by atoms with E-state index in [-0.39, 0.29) is 12.3 Å². The molecule has 9 heteroatoms. The van der Waals surface area contributed by atoms with Crippen LogP contribution in [0, 0.1) is 11.7 Å². The highest BCUT2D eigenvalue weighted by atomic mass is 19.1. The summed E-state index contributed by atoms with van der Waals surface area (Å²) in [4.78, 5) is 50.6. The molecule has 0 saturated carbocycles. The molecule has 0 spiro atoms. The normalized spacial score (nSPS) is 19.9. The highest BCUT2D eigenvalue weighted by Gasteiger charge is 2.51. The van der Waals surface area contributed by atoms with Crippen LogP contribution in [0.4, 0.5) is 9.18 Å². The van der Waals surface area contributed by atoms with Crippen LogP contribution in [0.1, 0.15) is 39.2 Å². The highest BCUT2D eigenvalue weighted by molar-refractivity contribution is 6.09. The van der Waals surface area contributed by atoms with Gasteiger partial charge in [-0.2, -0.15) is 0 Å². The Kier molecular flexibility index (Phi) is 6.94. The van der Waals surface area contributed by atoms with Crippen molar-refractivity contribution >= 4 is 23.8 Å². The zero-order valence-electron chi connectivity index (χ0n) is 17.0. The number of benzene rings is 1. The molecule has 158 valence electrons. The van der Waals surface area contributed by atoms with Gasteiger partial charge in [0.1, 0.15) is 23.9 Å². The molecule has 0 bridgehead atoms. The van der Waals surface area contributed by atoms with Crippen LogP contribution in [0.3, 0.4) is 0 Å². The second-order valence-electron chi connectivity index (χ2n) is 7.36. The molecule has 0 aliphatic carbocycles. The third kappa shape index (κ3) is 4.72. The zero-order valence-corrected chi connectivity index (χ0v) is 17.0. The van der Waals surface area contributed by atoms with Crippen molar-refractivity contribution in [3.63, 3.8) is 0 Å². The summed E-state index contributed by atoms with van der Waals surface area (Å²) in [6, 6.07) is 3.66. The van der Waals surface area contributed by atoms with Gasteiger partial charge in [-0.15, -0.1) is 0 Å². The minimum absolute atomic E-state index is 0.113. The van der Waals surface area contributed by atoms with Gasteiger partial charge in [0, 0.05) is 0 Å². The molecule has 2 atom stereocenters. The molecule has 2 rings (SSSR count). The summed E-state index contributed by atoms with van der Waals surface area (Å²) in [5.41, 5.74) is -0.944. The zero-order chi connectivity index (χ0) is 21.8. The summed E-state index contributed by atoms with van der Waals surface area (Å²) >= 11 is 0. The highest BCUT2D eigenvalue weighted by Crippen LogP contribution is 2.32. The maximum atomic E-state index is 13.3. The smallest absolute Gasteiger partial charge is 0.328 e. The van der Waals surface area contributed by atoms with Gasteiger partial charge in [0.25, 0.3) is 5.91 Å². The van der Waals surface area contributed by atoms with Gasteiger partial charge in [-0.05, 0) is 36.5 Å². The summed E-state index contributed by atoms with van der Waals surface area (Å²) in [6.45, 7) is 4.94. The van der Waals surface area contributed by atoms with Crippen LogP contribution in [-0.2, 0) is 24.7 Å². The van der Waals surface area contributed by atoms with Gasteiger partial charge in [-0.3, -0.25) is 14.5 Å². The van der Waals surface area contributed by atoms with E-state index < -0.39 is 47.8 Å². The van der Waals surface area contributed by atoms with Crippen molar-refractivity contribution < 1.29 is 28.3 Å². The maximum Gasteiger partial charge on any atom is 0.328 e. The molecular weight excluding hydrogens is 381 g/mol. The van der Waals surface area contributed by atoms with Crippen LogP contribution in [0.25, 0.3) is 0 Å². The monoisotopic (exact) mass is 407 g/mol. The van der Waals surface area contributed by atoms with Crippen molar-refractivity contribution in [2.45, 2.75) is 45.2 Å². The molecule has 1 fully saturated rings. The van der Waals surface area contributed by atoms with Crippen molar-refractivity contribution in [1.82, 2.24) is 15.5 Å². The van der Waals surface area contributed by atoms with E-state index in [1.165, 1.54) is 31.4 Å². The quantitative estimate of drug-likeness (QED) is 0.504. The predicted molar refractivity (Wildman–Crippen MR) is 102 cm³/mol. The molecule has 1 aromatic carbocycles. The molecule has 4 amide bonds. The fourth-order valence-electron chi connectivity index (χ4n) is 3.35. The van der Waals surface area contributed by atoms with Crippen LogP contribution >= 0.6 is 0 Å². The second kappa shape index (κ2) is 9.02. The second-order valence-corrected chi connectivity index (χ2v) is 7.36. The summed E-state index contributed by atoms with van der Waals surface area (Å²) in [6.07, 6.45) is 0.576. The van der Waals surface area contributed by atoms with E-state index in [2.05, 4.69) is 10.6 Å². The van der Waals surface area contributed by atoms with Crippen LogP contribution in [0.15, 0.2) is 24.3 Å².